The number of benzene rings is 5. The molecule has 0 atom stereocenters. The quantitative estimate of drug-likeness (QED) is 0.170. The molecule has 1 aliphatic heterocycles. The van der Waals surface area contributed by atoms with E-state index in [-0.39, 0.29) is 21.6 Å². The Labute approximate surface area is 326 Å². The lowest BCUT2D eigenvalue weighted by molar-refractivity contribution is 0.591. The van der Waals surface area contributed by atoms with E-state index in [9.17, 15) is 0 Å². The van der Waals surface area contributed by atoms with Gasteiger partial charge in [0.1, 0.15) is 5.03 Å². The zero-order valence-electron chi connectivity index (χ0n) is 37.2. The maximum absolute atomic E-state index is 8.80. The number of para-hydroxylation sites is 4. The van der Waals surface area contributed by atoms with Crippen LogP contribution in [0.3, 0.4) is 0 Å². The van der Waals surface area contributed by atoms with Gasteiger partial charge in [-0.1, -0.05) is 120 Å². The van der Waals surface area contributed by atoms with Crippen LogP contribution >= 0.6 is 11.8 Å². The Morgan fingerprint density at radius 1 is 0.755 bits per heavy atom. The zero-order chi connectivity index (χ0) is 42.0. The topological polar surface area (TPSA) is 35.1 Å². The minimum atomic E-state index is -2.54. The summed E-state index contributed by atoms with van der Waals surface area (Å²) in [7, 11) is -2.27. The second-order valence-electron chi connectivity index (χ2n) is 16.4. The number of fused-ring (bicyclic) bond motifs is 7. The lowest BCUT2D eigenvalue weighted by atomic mass is 9.81. The molecule has 0 unspecified atom stereocenters. The van der Waals surface area contributed by atoms with Crippen molar-refractivity contribution in [1.29, 1.82) is 0 Å². The molecule has 3 aromatic heterocycles. The van der Waals surface area contributed by atoms with Crippen LogP contribution in [0.5, 0.6) is 0 Å². The van der Waals surface area contributed by atoms with Gasteiger partial charge < -0.3 is 0 Å². The number of imidazole rings is 2. The lowest BCUT2D eigenvalue weighted by Crippen LogP contribution is -2.57. The Balaban J connectivity index is 1.36. The van der Waals surface area contributed by atoms with Crippen LogP contribution in [-0.2, 0) is 10.5 Å². The molecule has 0 N–H and O–H groups in total. The molecule has 0 aliphatic carbocycles. The molecule has 1 aliphatic rings. The average Bonchev–Trinajstić information content (AvgIpc) is 3.69. The predicted octanol–water partition coefficient (Wildman–Crippen LogP) is 12.0. The van der Waals surface area contributed by atoms with Crippen LogP contribution in [0.1, 0.15) is 65.1 Å². The van der Waals surface area contributed by atoms with Crippen LogP contribution in [0.15, 0.2) is 125 Å². The molecule has 0 fully saturated rings. The van der Waals surface area contributed by atoms with Gasteiger partial charge in [0, 0.05) is 25.0 Å². The highest BCUT2D eigenvalue weighted by molar-refractivity contribution is 7.99. The molecule has 0 spiro atoms. The van der Waals surface area contributed by atoms with Crippen LogP contribution in [0.25, 0.3) is 55.8 Å². The van der Waals surface area contributed by atoms with E-state index in [1.807, 2.05) is 83.6 Å². The summed E-state index contributed by atoms with van der Waals surface area (Å²) in [4.78, 5) is 11.1. The molecule has 4 nitrogen and oxygen atoms in total. The summed E-state index contributed by atoms with van der Waals surface area (Å²) in [5.74, 6) is 0.673. The van der Waals surface area contributed by atoms with Crippen LogP contribution in [-0.4, -0.2) is 27.0 Å². The molecule has 5 aromatic carbocycles. The number of rotatable bonds is 3. The second-order valence-corrected chi connectivity index (χ2v) is 22.4. The summed E-state index contributed by atoms with van der Waals surface area (Å²) in [5.41, 5.74) is 9.11. The molecule has 0 saturated carbocycles. The Kier molecular flexibility index (Phi) is 6.15. The van der Waals surface area contributed by atoms with Crippen molar-refractivity contribution in [2.24, 2.45) is 0 Å². The fraction of sp³-hybridized carbons (Fsp3) is 0.234. The van der Waals surface area contributed by atoms with Gasteiger partial charge in [0.2, 0.25) is 5.78 Å². The Bertz CT molecular complexity index is 3000. The highest BCUT2D eigenvalue weighted by atomic mass is 32.2. The van der Waals surface area contributed by atoms with Gasteiger partial charge in [-0.3, -0.25) is 8.97 Å². The number of aryl methyl sites for hydroxylation is 2. The van der Waals surface area contributed by atoms with E-state index in [1.165, 1.54) is 10.8 Å². The highest BCUT2D eigenvalue weighted by Gasteiger charge is 2.47. The summed E-state index contributed by atoms with van der Waals surface area (Å²) >= 11 is 1.69. The molecule has 6 heteroatoms. The van der Waals surface area contributed by atoms with Crippen molar-refractivity contribution in [1.82, 2.24) is 18.9 Å². The lowest BCUT2D eigenvalue weighted by Gasteiger charge is -2.41. The molecule has 0 saturated heterocycles. The molecule has 0 bridgehead atoms. The molecular formula is C47H46N4SSi. The third-order valence-electron chi connectivity index (χ3n) is 11.8. The maximum Gasteiger partial charge on any atom is 0.220 e. The molecule has 53 heavy (non-hydrogen) atoms. The van der Waals surface area contributed by atoms with Gasteiger partial charge in [0.15, 0.2) is 0 Å². The molecule has 9 rings (SSSR count). The van der Waals surface area contributed by atoms with E-state index in [0.717, 1.165) is 48.7 Å². The third-order valence-corrected chi connectivity index (χ3v) is 18.3. The smallest absolute Gasteiger partial charge is 0.220 e. The second kappa shape index (κ2) is 11.8. The predicted molar refractivity (Wildman–Crippen MR) is 227 cm³/mol. The van der Waals surface area contributed by atoms with Gasteiger partial charge in [-0.15, -0.1) is 0 Å². The highest BCUT2D eigenvalue weighted by Crippen LogP contribution is 2.50. The van der Waals surface area contributed by atoms with Crippen LogP contribution in [0.4, 0.5) is 0 Å². The van der Waals surface area contributed by atoms with Crippen molar-refractivity contribution in [3.8, 4) is 27.9 Å². The van der Waals surface area contributed by atoms with Crippen LogP contribution < -0.4 is 5.19 Å². The number of hydrogen-bond donors (Lipinski definition) is 0. The van der Waals surface area contributed by atoms with Crippen molar-refractivity contribution >= 4 is 52.9 Å². The Hall–Kier alpha value is -4.91. The van der Waals surface area contributed by atoms with Crippen molar-refractivity contribution in [2.45, 2.75) is 81.8 Å². The van der Waals surface area contributed by atoms with Gasteiger partial charge in [0.05, 0.1) is 30.1 Å². The Morgan fingerprint density at radius 2 is 1.45 bits per heavy atom. The maximum atomic E-state index is 8.80. The number of aromatic nitrogens is 4. The first-order valence-electron chi connectivity index (χ1n) is 21.2. The molecule has 0 amide bonds. The largest absolute Gasteiger partial charge is 0.278 e. The van der Waals surface area contributed by atoms with Gasteiger partial charge >= 0.3 is 0 Å². The van der Waals surface area contributed by atoms with E-state index >= 15 is 0 Å². The number of hydrogen-bond acceptors (Lipinski definition) is 3. The normalized spacial score (nSPS) is 17.3. The van der Waals surface area contributed by atoms with Crippen LogP contribution in [0, 0.1) is 13.7 Å². The Morgan fingerprint density at radius 3 is 2.21 bits per heavy atom. The standard InChI is InChI=1S/C47H46N4SSi/c1-29-20-22-31(42-35(46(3,4)5)24-25-41-43(42)52-44-36(15-14-26-48-44)47(6,7)53(41,8)9)27-33(29)34-28-32(23-21-30(34)2)50-39-18-12-13-19-40(39)51-38-17-11-10-16-37(38)49-45(50)51/h10-28H,1-9H3/i1D3,2D3. The first-order valence-corrected chi connectivity index (χ1v) is 22.0. The van der Waals surface area contributed by atoms with E-state index < -0.39 is 21.8 Å². The molecule has 264 valence electrons. The van der Waals surface area contributed by atoms with Crippen molar-refractivity contribution in [3.63, 3.8) is 0 Å². The van der Waals surface area contributed by atoms with E-state index in [1.54, 1.807) is 30.0 Å². The summed E-state index contributed by atoms with van der Waals surface area (Å²) < 4.78 is 56.8. The van der Waals surface area contributed by atoms with Crippen molar-refractivity contribution in [3.05, 3.63) is 138 Å². The van der Waals surface area contributed by atoms with Gasteiger partial charge in [-0.05, 0) is 122 Å². The van der Waals surface area contributed by atoms with E-state index in [2.05, 4.69) is 70.3 Å². The molecule has 4 heterocycles. The summed E-state index contributed by atoms with van der Waals surface area (Å²) in [5, 5.41) is 2.14. The molecule has 0 radical (unpaired) electrons. The third kappa shape index (κ3) is 5.02. The zero-order valence-corrected chi connectivity index (χ0v) is 33.0. The minimum Gasteiger partial charge on any atom is -0.278 e. The van der Waals surface area contributed by atoms with E-state index in [0.29, 0.717) is 22.6 Å². The SMILES string of the molecule is [2H]C([2H])([2H])c1ccc(-c2c(C(C)(C)C)ccc3c2Sc2ncccc2C(C)(C)[Si]3(C)C)cc1-c1cc(-n2c3ccccc3n3c4ccccc4nc23)ccc1C([2H])([2H])[2H]. The van der Waals surface area contributed by atoms with E-state index in [4.69, 9.17) is 18.2 Å². The van der Waals surface area contributed by atoms with Crippen LogP contribution in [0.2, 0.25) is 13.1 Å². The van der Waals surface area contributed by atoms with Gasteiger partial charge in [0.25, 0.3) is 0 Å². The average molecular weight is 733 g/mol. The summed E-state index contributed by atoms with van der Waals surface area (Å²) in [6.45, 7) is 11.1. The molecular weight excluding hydrogens is 681 g/mol. The number of nitrogens with zero attached hydrogens (tertiary/aromatic N) is 4. The van der Waals surface area contributed by atoms with Crippen molar-refractivity contribution in [2.75, 3.05) is 0 Å². The summed E-state index contributed by atoms with van der Waals surface area (Å²) in [6.07, 6.45) is 1.86. The minimum absolute atomic E-state index is 0.0793. The van der Waals surface area contributed by atoms with Crippen molar-refractivity contribution < 1.29 is 8.22 Å². The van der Waals surface area contributed by atoms with Gasteiger partial charge in [-0.25, -0.2) is 9.97 Å². The summed E-state index contributed by atoms with van der Waals surface area (Å²) in [6, 6.07) is 35.6. The fourth-order valence-corrected chi connectivity index (χ4v) is 13.2. The number of pyridine rings is 1. The fourth-order valence-electron chi connectivity index (χ4n) is 8.23. The monoisotopic (exact) mass is 732 g/mol. The first-order chi connectivity index (χ1) is 27.7. The molecule has 8 aromatic rings. The first kappa shape index (κ1) is 27.7. The van der Waals surface area contributed by atoms with Gasteiger partial charge in [-0.2, -0.15) is 0 Å².